The van der Waals surface area contributed by atoms with Crippen LogP contribution < -0.4 is 20.7 Å². The Morgan fingerprint density at radius 2 is 1.61 bits per heavy atom. The van der Waals surface area contributed by atoms with Crippen molar-refractivity contribution in [3.63, 3.8) is 0 Å². The molecular formula is C29H31N3O3S. The van der Waals surface area contributed by atoms with E-state index in [4.69, 9.17) is 15.3 Å². The van der Waals surface area contributed by atoms with Crippen molar-refractivity contribution < 1.29 is 14.3 Å². The Morgan fingerprint density at radius 3 is 2.36 bits per heavy atom. The lowest BCUT2D eigenvalue weighted by atomic mass is 9.99. The van der Waals surface area contributed by atoms with E-state index in [1.165, 1.54) is 57.6 Å². The number of benzene rings is 3. The summed E-state index contributed by atoms with van der Waals surface area (Å²) in [6.07, 6.45) is 3.41. The molecule has 1 fully saturated rings. The van der Waals surface area contributed by atoms with Crippen LogP contribution in [0.4, 0.5) is 0 Å². The second-order valence-electron chi connectivity index (χ2n) is 9.00. The fourth-order valence-corrected chi connectivity index (χ4v) is 5.83. The van der Waals surface area contributed by atoms with Gasteiger partial charge in [0.2, 0.25) is 0 Å². The number of amides is 1. The molecular weight excluding hydrogens is 470 g/mol. The first-order valence-corrected chi connectivity index (χ1v) is 13.2. The van der Waals surface area contributed by atoms with Gasteiger partial charge in [-0.1, -0.05) is 30.3 Å². The maximum Gasteiger partial charge on any atom is 0.271 e. The van der Waals surface area contributed by atoms with Gasteiger partial charge in [-0.2, -0.15) is 0 Å². The smallest absolute Gasteiger partial charge is 0.271 e. The number of nitrogens with zero attached hydrogens (tertiary/aromatic N) is 1. The van der Waals surface area contributed by atoms with Crippen molar-refractivity contribution in [2.75, 3.05) is 32.8 Å². The Labute approximate surface area is 215 Å². The van der Waals surface area contributed by atoms with Crippen LogP contribution in [0.2, 0.25) is 0 Å². The van der Waals surface area contributed by atoms with Gasteiger partial charge < -0.3 is 9.47 Å². The largest absolute Gasteiger partial charge is 0.492 e. The number of rotatable bonds is 10. The number of carbonyl (C=O) groups is 1. The van der Waals surface area contributed by atoms with Gasteiger partial charge in [0.05, 0.1) is 0 Å². The molecule has 1 aliphatic rings. The van der Waals surface area contributed by atoms with E-state index in [2.05, 4.69) is 58.9 Å². The van der Waals surface area contributed by atoms with Crippen LogP contribution >= 0.6 is 11.3 Å². The van der Waals surface area contributed by atoms with E-state index in [0.717, 1.165) is 25.3 Å². The summed E-state index contributed by atoms with van der Waals surface area (Å²) in [5, 5.41) is 1.28. The molecule has 36 heavy (non-hydrogen) atoms. The Morgan fingerprint density at radius 1 is 0.917 bits per heavy atom. The highest BCUT2D eigenvalue weighted by Crippen LogP contribution is 2.40. The molecule has 0 saturated carbocycles. The van der Waals surface area contributed by atoms with Gasteiger partial charge in [-0.3, -0.25) is 15.1 Å². The molecule has 0 atom stereocenters. The minimum Gasteiger partial charge on any atom is -0.492 e. The number of likely N-dealkylation sites (tertiary alicyclic amines) is 1. The number of hydrazine groups is 1. The first-order chi connectivity index (χ1) is 17.7. The summed E-state index contributed by atoms with van der Waals surface area (Å²) in [6, 6.07) is 24.9. The Hall–Kier alpha value is -3.39. The Balaban J connectivity index is 1.31. The number of thiophene rings is 1. The minimum absolute atomic E-state index is 0.104. The van der Waals surface area contributed by atoms with Crippen LogP contribution in [0.5, 0.6) is 11.5 Å². The third kappa shape index (κ3) is 5.87. The predicted molar refractivity (Wildman–Crippen MR) is 146 cm³/mol. The standard InChI is InChI=1S/C29H31N3O3S/c30-31-28(33)20-35-24-11-7-21(8-12-24)19-26-25-5-1-2-6-27(25)36-29(26)22-9-13-23(14-10-22)34-18-17-32-15-3-4-16-32/h1-2,5-14H,3-4,15-20,30H2,(H,31,33). The topological polar surface area (TPSA) is 76.8 Å². The molecule has 1 aromatic heterocycles. The van der Waals surface area contributed by atoms with Crippen LogP contribution in [0.1, 0.15) is 24.0 Å². The average Bonchev–Trinajstić information content (AvgIpc) is 3.57. The number of carbonyl (C=O) groups excluding carboxylic acids is 1. The van der Waals surface area contributed by atoms with Gasteiger partial charge in [0.1, 0.15) is 18.1 Å². The van der Waals surface area contributed by atoms with Crippen molar-refractivity contribution in [2.45, 2.75) is 19.3 Å². The molecule has 3 N–H and O–H groups in total. The highest BCUT2D eigenvalue weighted by molar-refractivity contribution is 7.22. The van der Waals surface area contributed by atoms with E-state index >= 15 is 0 Å². The van der Waals surface area contributed by atoms with Crippen LogP contribution in [0, 0.1) is 0 Å². The third-order valence-electron chi connectivity index (χ3n) is 6.52. The molecule has 0 aliphatic carbocycles. The molecule has 0 radical (unpaired) electrons. The molecule has 2 heterocycles. The Bertz CT molecular complexity index is 1300. The van der Waals surface area contributed by atoms with Crippen molar-refractivity contribution in [3.05, 3.63) is 83.9 Å². The molecule has 1 saturated heterocycles. The van der Waals surface area contributed by atoms with Gasteiger partial charge >= 0.3 is 0 Å². The molecule has 7 heteroatoms. The normalized spacial score (nSPS) is 13.7. The zero-order chi connectivity index (χ0) is 24.7. The molecule has 0 spiro atoms. The zero-order valence-electron chi connectivity index (χ0n) is 20.2. The fraction of sp³-hybridized carbons (Fsp3) is 0.276. The maximum atomic E-state index is 11.3. The van der Waals surface area contributed by atoms with Gasteiger partial charge in [0, 0.05) is 16.1 Å². The van der Waals surface area contributed by atoms with Gasteiger partial charge in [0.25, 0.3) is 5.91 Å². The lowest BCUT2D eigenvalue weighted by Gasteiger charge is -2.15. The molecule has 1 aliphatic heterocycles. The summed E-state index contributed by atoms with van der Waals surface area (Å²) in [7, 11) is 0. The lowest BCUT2D eigenvalue weighted by molar-refractivity contribution is -0.123. The van der Waals surface area contributed by atoms with Crippen LogP contribution in [0.15, 0.2) is 72.8 Å². The first kappa shape index (κ1) is 24.3. The van der Waals surface area contributed by atoms with Gasteiger partial charge in [-0.05, 0) is 96.9 Å². The van der Waals surface area contributed by atoms with Crippen LogP contribution in [0.25, 0.3) is 20.5 Å². The second kappa shape index (κ2) is 11.6. The molecule has 6 nitrogen and oxygen atoms in total. The number of ether oxygens (including phenoxy) is 2. The van der Waals surface area contributed by atoms with Crippen molar-refractivity contribution in [2.24, 2.45) is 5.84 Å². The molecule has 1 amide bonds. The number of hydrogen-bond donors (Lipinski definition) is 2. The third-order valence-corrected chi connectivity index (χ3v) is 7.79. The SMILES string of the molecule is NNC(=O)COc1ccc(Cc2c(-c3ccc(OCCN4CCCC4)cc3)sc3ccccc23)cc1. The highest BCUT2D eigenvalue weighted by atomic mass is 32.1. The quantitative estimate of drug-likeness (QED) is 0.182. The number of nitrogens with two attached hydrogens (primary N) is 1. The molecule has 3 aromatic carbocycles. The minimum atomic E-state index is -0.364. The Kier molecular flexibility index (Phi) is 7.81. The van der Waals surface area contributed by atoms with Gasteiger partial charge in [-0.15, -0.1) is 11.3 Å². The van der Waals surface area contributed by atoms with Crippen LogP contribution in [0.3, 0.4) is 0 Å². The van der Waals surface area contributed by atoms with Crippen LogP contribution in [-0.4, -0.2) is 43.7 Å². The highest BCUT2D eigenvalue weighted by Gasteiger charge is 2.15. The number of nitrogens with one attached hydrogen (secondary N) is 1. The average molecular weight is 502 g/mol. The van der Waals surface area contributed by atoms with Crippen molar-refractivity contribution in [1.82, 2.24) is 10.3 Å². The summed E-state index contributed by atoms with van der Waals surface area (Å²) in [6.45, 7) is 4.00. The first-order valence-electron chi connectivity index (χ1n) is 12.4. The summed E-state index contributed by atoms with van der Waals surface area (Å²) in [4.78, 5) is 15.1. The predicted octanol–water partition coefficient (Wildman–Crippen LogP) is 5.00. The van der Waals surface area contributed by atoms with E-state index in [1.807, 2.05) is 35.6 Å². The van der Waals surface area contributed by atoms with E-state index in [1.54, 1.807) is 0 Å². The van der Waals surface area contributed by atoms with Gasteiger partial charge in [0.15, 0.2) is 6.61 Å². The lowest BCUT2D eigenvalue weighted by Crippen LogP contribution is -2.34. The second-order valence-corrected chi connectivity index (χ2v) is 10.1. The molecule has 0 bridgehead atoms. The van der Waals surface area contributed by atoms with Crippen molar-refractivity contribution in [3.8, 4) is 21.9 Å². The maximum absolute atomic E-state index is 11.3. The van der Waals surface area contributed by atoms with Gasteiger partial charge in [-0.25, -0.2) is 5.84 Å². The van der Waals surface area contributed by atoms with E-state index < -0.39 is 0 Å². The van der Waals surface area contributed by atoms with E-state index in [9.17, 15) is 4.79 Å². The summed E-state index contributed by atoms with van der Waals surface area (Å²) >= 11 is 1.83. The molecule has 0 unspecified atom stereocenters. The fourth-order valence-electron chi connectivity index (χ4n) is 4.61. The molecule has 186 valence electrons. The van der Waals surface area contributed by atoms with Crippen LogP contribution in [-0.2, 0) is 11.2 Å². The number of hydrogen-bond acceptors (Lipinski definition) is 6. The molecule has 5 rings (SSSR count). The molecule has 4 aromatic rings. The summed E-state index contributed by atoms with van der Waals surface area (Å²) in [5.41, 5.74) is 5.76. The van der Waals surface area contributed by atoms with Crippen molar-refractivity contribution >= 4 is 27.3 Å². The van der Waals surface area contributed by atoms with E-state index in [-0.39, 0.29) is 12.5 Å². The summed E-state index contributed by atoms with van der Waals surface area (Å²) in [5.74, 6) is 6.30. The number of fused-ring (bicyclic) bond motifs is 1. The van der Waals surface area contributed by atoms with Crippen molar-refractivity contribution in [1.29, 1.82) is 0 Å². The summed E-state index contributed by atoms with van der Waals surface area (Å²) < 4.78 is 12.8. The van der Waals surface area contributed by atoms with E-state index in [0.29, 0.717) is 5.75 Å². The monoisotopic (exact) mass is 501 g/mol. The zero-order valence-corrected chi connectivity index (χ0v) is 21.1.